The van der Waals surface area contributed by atoms with E-state index in [1.165, 1.54) is 30.5 Å². The van der Waals surface area contributed by atoms with Crippen molar-refractivity contribution in [2.24, 2.45) is 0 Å². The molecule has 0 fully saturated rings. The number of alkyl halides is 3. The Bertz CT molecular complexity index is 839. The number of hydrogen-bond acceptors (Lipinski definition) is 5. The SMILES string of the molecule is O=C(COC(=O)/C=C/c1ccc(OC(F)(F)F)cc1)Nc1cccnc1Cl. The lowest BCUT2D eigenvalue weighted by atomic mass is 10.2. The van der Waals surface area contributed by atoms with Crippen LogP contribution in [0.25, 0.3) is 6.08 Å². The molecule has 1 N–H and O–H groups in total. The summed E-state index contributed by atoms with van der Waals surface area (Å²) in [4.78, 5) is 27.1. The number of anilines is 1. The number of halogens is 4. The number of benzene rings is 1. The molecule has 1 heterocycles. The Balaban J connectivity index is 1.81. The molecule has 0 aliphatic carbocycles. The second-order valence-electron chi connectivity index (χ2n) is 4.95. The van der Waals surface area contributed by atoms with Crippen molar-refractivity contribution in [3.8, 4) is 5.75 Å². The van der Waals surface area contributed by atoms with Crippen LogP contribution < -0.4 is 10.1 Å². The Hall–Kier alpha value is -3.07. The van der Waals surface area contributed by atoms with E-state index in [1.807, 2.05) is 0 Å². The van der Waals surface area contributed by atoms with Gasteiger partial charge in [0.15, 0.2) is 11.8 Å². The molecule has 2 rings (SSSR count). The largest absolute Gasteiger partial charge is 0.573 e. The highest BCUT2D eigenvalue weighted by Crippen LogP contribution is 2.23. The second kappa shape index (κ2) is 9.04. The van der Waals surface area contributed by atoms with Gasteiger partial charge in [0, 0.05) is 12.3 Å². The molecule has 0 saturated carbocycles. The summed E-state index contributed by atoms with van der Waals surface area (Å²) >= 11 is 5.78. The van der Waals surface area contributed by atoms with Crippen LogP contribution in [0.15, 0.2) is 48.7 Å². The molecule has 27 heavy (non-hydrogen) atoms. The molecule has 0 saturated heterocycles. The number of amides is 1. The molecule has 0 atom stereocenters. The van der Waals surface area contributed by atoms with E-state index in [0.29, 0.717) is 5.56 Å². The molecule has 142 valence electrons. The van der Waals surface area contributed by atoms with Gasteiger partial charge in [-0.15, -0.1) is 13.2 Å². The Morgan fingerprint density at radius 2 is 1.89 bits per heavy atom. The minimum absolute atomic E-state index is 0.0926. The first kappa shape index (κ1) is 20.2. The maximum absolute atomic E-state index is 12.1. The van der Waals surface area contributed by atoms with E-state index in [-0.39, 0.29) is 16.6 Å². The summed E-state index contributed by atoms with van der Waals surface area (Å²) in [6.45, 7) is -0.549. The summed E-state index contributed by atoms with van der Waals surface area (Å²) in [5, 5.41) is 2.52. The predicted octanol–water partition coefficient (Wildman–Crippen LogP) is 3.83. The summed E-state index contributed by atoms with van der Waals surface area (Å²) in [5.74, 6) is -1.80. The van der Waals surface area contributed by atoms with Gasteiger partial charge < -0.3 is 14.8 Å². The first-order valence-electron chi connectivity index (χ1n) is 7.34. The van der Waals surface area contributed by atoms with Crippen molar-refractivity contribution in [3.05, 3.63) is 59.4 Å². The maximum atomic E-state index is 12.1. The highest BCUT2D eigenvalue weighted by molar-refractivity contribution is 6.32. The summed E-state index contributed by atoms with van der Waals surface area (Å²) in [6, 6.07) is 7.94. The number of rotatable bonds is 6. The number of aromatic nitrogens is 1. The molecule has 0 unspecified atom stereocenters. The molecule has 0 bridgehead atoms. The number of nitrogens with one attached hydrogen (secondary N) is 1. The van der Waals surface area contributed by atoms with Gasteiger partial charge in [-0.05, 0) is 35.9 Å². The molecule has 6 nitrogen and oxygen atoms in total. The number of hydrogen-bond donors (Lipinski definition) is 1. The van der Waals surface area contributed by atoms with Crippen LogP contribution >= 0.6 is 11.6 Å². The van der Waals surface area contributed by atoms with Gasteiger partial charge in [0.25, 0.3) is 5.91 Å². The van der Waals surface area contributed by atoms with E-state index < -0.39 is 24.8 Å². The van der Waals surface area contributed by atoms with Gasteiger partial charge in [-0.25, -0.2) is 9.78 Å². The maximum Gasteiger partial charge on any atom is 0.573 e. The lowest BCUT2D eigenvalue weighted by molar-refractivity contribution is -0.274. The fourth-order valence-electron chi connectivity index (χ4n) is 1.80. The van der Waals surface area contributed by atoms with E-state index in [2.05, 4.69) is 15.0 Å². The second-order valence-corrected chi connectivity index (χ2v) is 5.31. The zero-order valence-electron chi connectivity index (χ0n) is 13.5. The molecule has 0 radical (unpaired) electrons. The van der Waals surface area contributed by atoms with Crippen LogP contribution in [-0.4, -0.2) is 29.8 Å². The lowest BCUT2D eigenvalue weighted by Crippen LogP contribution is -2.20. The van der Waals surface area contributed by atoms with Gasteiger partial charge in [-0.3, -0.25) is 4.79 Å². The van der Waals surface area contributed by atoms with Crippen molar-refractivity contribution in [1.29, 1.82) is 0 Å². The Kier molecular flexibility index (Phi) is 6.78. The third-order valence-corrected chi connectivity index (χ3v) is 3.21. The number of nitrogens with zero attached hydrogens (tertiary/aromatic N) is 1. The first-order valence-corrected chi connectivity index (χ1v) is 7.72. The summed E-state index contributed by atoms with van der Waals surface area (Å²) in [7, 11) is 0. The van der Waals surface area contributed by atoms with Gasteiger partial charge in [0.05, 0.1) is 5.69 Å². The van der Waals surface area contributed by atoms with Crippen LogP contribution in [0.4, 0.5) is 18.9 Å². The van der Waals surface area contributed by atoms with Gasteiger partial charge in [0.1, 0.15) is 5.75 Å². The minimum atomic E-state index is -4.78. The summed E-state index contributed by atoms with van der Waals surface area (Å²) in [6.07, 6.45) is -0.980. The number of ether oxygens (including phenoxy) is 2. The van der Waals surface area contributed by atoms with Crippen LogP contribution in [0.3, 0.4) is 0 Å². The molecular weight excluding hydrogens is 389 g/mol. The molecular formula is C17H12ClF3N2O4. The lowest BCUT2D eigenvalue weighted by Gasteiger charge is -2.08. The zero-order chi connectivity index (χ0) is 19.9. The van der Waals surface area contributed by atoms with Crippen LogP contribution in [0.1, 0.15) is 5.56 Å². The third-order valence-electron chi connectivity index (χ3n) is 2.90. The van der Waals surface area contributed by atoms with Crippen LogP contribution in [0.2, 0.25) is 5.15 Å². The van der Waals surface area contributed by atoms with E-state index in [4.69, 9.17) is 16.3 Å². The molecule has 2 aromatic rings. The van der Waals surface area contributed by atoms with Gasteiger partial charge in [-0.2, -0.15) is 0 Å². The minimum Gasteiger partial charge on any atom is -0.452 e. The monoisotopic (exact) mass is 400 g/mol. The first-order chi connectivity index (χ1) is 12.7. The number of carbonyl (C=O) groups is 2. The molecule has 0 spiro atoms. The van der Waals surface area contributed by atoms with E-state index in [0.717, 1.165) is 18.2 Å². The third kappa shape index (κ3) is 7.37. The van der Waals surface area contributed by atoms with Gasteiger partial charge >= 0.3 is 12.3 Å². The van der Waals surface area contributed by atoms with Crippen molar-refractivity contribution < 1.29 is 32.2 Å². The Morgan fingerprint density at radius 3 is 2.52 bits per heavy atom. The van der Waals surface area contributed by atoms with Crippen LogP contribution in [0, 0.1) is 0 Å². The van der Waals surface area contributed by atoms with Crippen LogP contribution in [0.5, 0.6) is 5.75 Å². The van der Waals surface area contributed by atoms with Crippen LogP contribution in [-0.2, 0) is 14.3 Å². The van der Waals surface area contributed by atoms with Crippen molar-refractivity contribution in [3.63, 3.8) is 0 Å². The highest BCUT2D eigenvalue weighted by atomic mass is 35.5. The smallest absolute Gasteiger partial charge is 0.452 e. The quantitative estimate of drug-likeness (QED) is 0.453. The molecule has 10 heteroatoms. The van der Waals surface area contributed by atoms with Gasteiger partial charge in [0.2, 0.25) is 0 Å². The Labute approximate surface area is 156 Å². The number of pyridine rings is 1. The number of esters is 1. The van der Waals surface area contributed by atoms with Gasteiger partial charge in [-0.1, -0.05) is 23.7 Å². The molecule has 1 aromatic carbocycles. The van der Waals surface area contributed by atoms with E-state index in [1.54, 1.807) is 6.07 Å². The van der Waals surface area contributed by atoms with E-state index >= 15 is 0 Å². The molecule has 0 aliphatic heterocycles. The molecule has 0 aliphatic rings. The highest BCUT2D eigenvalue weighted by Gasteiger charge is 2.30. The fourth-order valence-corrected chi connectivity index (χ4v) is 1.96. The average Bonchev–Trinajstić information content (AvgIpc) is 2.60. The Morgan fingerprint density at radius 1 is 1.19 bits per heavy atom. The van der Waals surface area contributed by atoms with Crippen molar-refractivity contribution >= 4 is 35.2 Å². The molecule has 1 aromatic heterocycles. The zero-order valence-corrected chi connectivity index (χ0v) is 14.3. The fraction of sp³-hybridized carbons (Fsp3) is 0.118. The summed E-state index contributed by atoms with van der Waals surface area (Å²) < 4.78 is 44.7. The normalized spacial score (nSPS) is 11.3. The topological polar surface area (TPSA) is 77.5 Å². The molecule has 1 amide bonds. The van der Waals surface area contributed by atoms with Crippen molar-refractivity contribution in [2.75, 3.05) is 11.9 Å². The van der Waals surface area contributed by atoms with Crippen molar-refractivity contribution in [1.82, 2.24) is 4.98 Å². The van der Waals surface area contributed by atoms with E-state index in [9.17, 15) is 22.8 Å². The van der Waals surface area contributed by atoms with Crippen molar-refractivity contribution in [2.45, 2.75) is 6.36 Å². The average molecular weight is 401 g/mol. The predicted molar refractivity (Wildman–Crippen MR) is 91.0 cm³/mol. The standard InChI is InChI=1S/C17H12ClF3N2O4/c18-16-13(2-1-9-22-16)23-14(24)10-26-15(25)8-5-11-3-6-12(7-4-11)27-17(19,20)21/h1-9H,10H2,(H,23,24)/b8-5+. The summed E-state index contributed by atoms with van der Waals surface area (Å²) in [5.41, 5.74) is 0.713. The number of carbonyl (C=O) groups excluding carboxylic acids is 2.